The van der Waals surface area contributed by atoms with Gasteiger partial charge in [-0.25, -0.2) is 4.79 Å². The third-order valence-corrected chi connectivity index (χ3v) is 2.92. The predicted octanol–water partition coefficient (Wildman–Crippen LogP) is 0.806. The average Bonchev–Trinajstić information content (AvgIpc) is 2.28. The molecular formula is C12H22N2O4. The molecule has 0 bridgehead atoms. The van der Waals surface area contributed by atoms with Gasteiger partial charge in [-0.3, -0.25) is 4.79 Å². The second-order valence-electron chi connectivity index (χ2n) is 4.53. The van der Waals surface area contributed by atoms with E-state index in [2.05, 4.69) is 10.6 Å². The Kier molecular flexibility index (Phi) is 6.49. The highest BCUT2D eigenvalue weighted by Crippen LogP contribution is 2.18. The molecule has 0 aromatic rings. The minimum atomic E-state index is -0.416. The van der Waals surface area contributed by atoms with E-state index in [-0.39, 0.29) is 24.6 Å². The van der Waals surface area contributed by atoms with Crippen molar-refractivity contribution in [3.05, 3.63) is 0 Å². The number of amides is 2. The van der Waals surface area contributed by atoms with Gasteiger partial charge in [-0.15, -0.1) is 0 Å². The Morgan fingerprint density at radius 2 is 1.83 bits per heavy atom. The number of hydrogen-bond acceptors (Lipinski definition) is 4. The van der Waals surface area contributed by atoms with E-state index >= 15 is 0 Å². The van der Waals surface area contributed by atoms with Crippen LogP contribution in [0.3, 0.4) is 0 Å². The molecule has 1 saturated carbocycles. The Hall–Kier alpha value is -1.30. The van der Waals surface area contributed by atoms with Crippen molar-refractivity contribution < 1.29 is 19.1 Å². The molecule has 104 valence electrons. The van der Waals surface area contributed by atoms with Gasteiger partial charge in [-0.05, 0) is 25.7 Å². The lowest BCUT2D eigenvalue weighted by Crippen LogP contribution is -2.45. The molecule has 0 spiro atoms. The van der Waals surface area contributed by atoms with E-state index in [4.69, 9.17) is 9.47 Å². The summed E-state index contributed by atoms with van der Waals surface area (Å²) in [7, 11) is 1.56. The fourth-order valence-electron chi connectivity index (χ4n) is 2.17. The van der Waals surface area contributed by atoms with Crippen LogP contribution in [-0.4, -0.2) is 44.4 Å². The van der Waals surface area contributed by atoms with E-state index in [1.54, 1.807) is 7.11 Å². The Labute approximate surface area is 107 Å². The molecule has 2 amide bonds. The standard InChI is InChI=1S/C12H22N2O4/c1-9(15)13-10-4-3-5-11(8-10)14-12(16)18-7-6-17-2/h10-11H,3-8H2,1-2H3,(H,13,15)(H,14,16). The molecule has 0 aromatic carbocycles. The van der Waals surface area contributed by atoms with E-state index in [9.17, 15) is 9.59 Å². The number of carbonyl (C=O) groups excluding carboxylic acids is 2. The zero-order valence-electron chi connectivity index (χ0n) is 11.0. The fraction of sp³-hybridized carbons (Fsp3) is 0.833. The number of nitrogens with one attached hydrogen (secondary N) is 2. The largest absolute Gasteiger partial charge is 0.447 e. The highest BCUT2D eigenvalue weighted by molar-refractivity contribution is 5.73. The summed E-state index contributed by atoms with van der Waals surface area (Å²) in [5.41, 5.74) is 0. The van der Waals surface area contributed by atoms with Gasteiger partial charge in [0.05, 0.1) is 6.61 Å². The van der Waals surface area contributed by atoms with Gasteiger partial charge in [0, 0.05) is 26.1 Å². The van der Waals surface area contributed by atoms with Gasteiger partial charge in [0.15, 0.2) is 0 Å². The van der Waals surface area contributed by atoms with Gasteiger partial charge < -0.3 is 20.1 Å². The van der Waals surface area contributed by atoms with Crippen molar-refractivity contribution in [1.29, 1.82) is 0 Å². The van der Waals surface area contributed by atoms with Crippen molar-refractivity contribution in [2.45, 2.75) is 44.7 Å². The molecule has 2 atom stereocenters. The van der Waals surface area contributed by atoms with Gasteiger partial charge in [0.25, 0.3) is 0 Å². The predicted molar refractivity (Wildman–Crippen MR) is 66.2 cm³/mol. The van der Waals surface area contributed by atoms with Crippen LogP contribution in [0.5, 0.6) is 0 Å². The number of rotatable bonds is 5. The highest BCUT2D eigenvalue weighted by atomic mass is 16.6. The zero-order valence-corrected chi connectivity index (χ0v) is 11.0. The maximum atomic E-state index is 11.4. The molecule has 0 aliphatic heterocycles. The Morgan fingerprint density at radius 1 is 1.17 bits per heavy atom. The first-order chi connectivity index (χ1) is 8.61. The van der Waals surface area contributed by atoms with Crippen LogP contribution in [0, 0.1) is 0 Å². The molecule has 0 saturated heterocycles. The lowest BCUT2D eigenvalue weighted by atomic mass is 9.91. The Bertz CT molecular complexity index is 283. The minimum absolute atomic E-state index is 0.0247. The van der Waals surface area contributed by atoms with Crippen molar-refractivity contribution in [1.82, 2.24) is 10.6 Å². The van der Waals surface area contributed by atoms with E-state index in [0.717, 1.165) is 25.7 Å². The van der Waals surface area contributed by atoms with Crippen LogP contribution in [0.15, 0.2) is 0 Å². The quantitative estimate of drug-likeness (QED) is 0.715. The number of ether oxygens (including phenoxy) is 2. The maximum absolute atomic E-state index is 11.4. The van der Waals surface area contributed by atoms with Crippen molar-refractivity contribution in [2.75, 3.05) is 20.3 Å². The van der Waals surface area contributed by atoms with Gasteiger partial charge in [0.2, 0.25) is 5.91 Å². The SMILES string of the molecule is COCCOC(=O)NC1CCCC(NC(C)=O)C1. The van der Waals surface area contributed by atoms with Crippen LogP contribution in [0.1, 0.15) is 32.6 Å². The van der Waals surface area contributed by atoms with Crippen LogP contribution in [0.25, 0.3) is 0 Å². The lowest BCUT2D eigenvalue weighted by molar-refractivity contribution is -0.119. The van der Waals surface area contributed by atoms with Crippen molar-refractivity contribution >= 4 is 12.0 Å². The van der Waals surface area contributed by atoms with Gasteiger partial charge in [0.1, 0.15) is 6.61 Å². The van der Waals surface area contributed by atoms with Crippen LogP contribution < -0.4 is 10.6 Å². The lowest BCUT2D eigenvalue weighted by Gasteiger charge is -2.29. The normalized spacial score (nSPS) is 23.2. The van der Waals surface area contributed by atoms with Crippen LogP contribution >= 0.6 is 0 Å². The van der Waals surface area contributed by atoms with Crippen LogP contribution in [0.4, 0.5) is 4.79 Å². The van der Waals surface area contributed by atoms with E-state index in [1.165, 1.54) is 6.92 Å². The molecule has 0 radical (unpaired) electrons. The third-order valence-electron chi connectivity index (χ3n) is 2.92. The number of methoxy groups -OCH3 is 1. The van der Waals surface area contributed by atoms with E-state index < -0.39 is 6.09 Å². The molecule has 6 heteroatoms. The van der Waals surface area contributed by atoms with Crippen LogP contribution in [0.2, 0.25) is 0 Å². The number of alkyl carbamates (subject to hydrolysis) is 1. The Morgan fingerprint density at radius 3 is 2.44 bits per heavy atom. The summed E-state index contributed by atoms with van der Waals surface area (Å²) in [4.78, 5) is 22.4. The first kappa shape index (κ1) is 14.8. The summed E-state index contributed by atoms with van der Waals surface area (Å²) >= 11 is 0. The second-order valence-corrected chi connectivity index (χ2v) is 4.53. The summed E-state index contributed by atoms with van der Waals surface area (Å²) in [6.07, 6.45) is 3.24. The minimum Gasteiger partial charge on any atom is -0.447 e. The first-order valence-corrected chi connectivity index (χ1v) is 6.31. The van der Waals surface area contributed by atoms with E-state index in [1.807, 2.05) is 0 Å². The third kappa shape index (κ3) is 5.86. The monoisotopic (exact) mass is 258 g/mol. The summed E-state index contributed by atoms with van der Waals surface area (Å²) in [5.74, 6) is -0.0247. The molecule has 18 heavy (non-hydrogen) atoms. The van der Waals surface area contributed by atoms with E-state index in [0.29, 0.717) is 6.61 Å². The summed E-state index contributed by atoms with van der Waals surface area (Å²) in [6.45, 7) is 2.16. The molecule has 0 heterocycles. The highest BCUT2D eigenvalue weighted by Gasteiger charge is 2.23. The molecule has 2 unspecified atom stereocenters. The fourth-order valence-corrected chi connectivity index (χ4v) is 2.17. The average molecular weight is 258 g/mol. The smallest absolute Gasteiger partial charge is 0.407 e. The number of carbonyl (C=O) groups is 2. The summed E-state index contributed by atoms with van der Waals surface area (Å²) in [5, 5.41) is 5.70. The van der Waals surface area contributed by atoms with Crippen molar-refractivity contribution in [3.63, 3.8) is 0 Å². The maximum Gasteiger partial charge on any atom is 0.407 e. The van der Waals surface area contributed by atoms with Gasteiger partial charge in [-0.2, -0.15) is 0 Å². The van der Waals surface area contributed by atoms with Gasteiger partial charge in [-0.1, -0.05) is 0 Å². The topological polar surface area (TPSA) is 76.7 Å². The van der Waals surface area contributed by atoms with Gasteiger partial charge >= 0.3 is 6.09 Å². The molecule has 0 aromatic heterocycles. The first-order valence-electron chi connectivity index (χ1n) is 6.31. The Balaban J connectivity index is 2.24. The molecule has 1 aliphatic rings. The van der Waals surface area contributed by atoms with Crippen LogP contribution in [-0.2, 0) is 14.3 Å². The van der Waals surface area contributed by atoms with Crippen molar-refractivity contribution in [3.8, 4) is 0 Å². The summed E-state index contributed by atoms with van der Waals surface area (Å²) < 4.78 is 9.73. The molecule has 2 N–H and O–H groups in total. The second kappa shape index (κ2) is 7.92. The molecule has 6 nitrogen and oxygen atoms in total. The number of hydrogen-bond donors (Lipinski definition) is 2. The molecular weight excluding hydrogens is 236 g/mol. The molecule has 1 fully saturated rings. The summed E-state index contributed by atoms with van der Waals surface area (Å²) in [6, 6.07) is 0.228. The zero-order chi connectivity index (χ0) is 13.4. The molecule has 1 rings (SSSR count). The van der Waals surface area contributed by atoms with Crippen molar-refractivity contribution in [2.24, 2.45) is 0 Å². The molecule has 1 aliphatic carbocycles.